The number of ether oxygens (including phenoxy) is 2. The molecule has 0 saturated heterocycles. The molecule has 8 heteroatoms. The monoisotopic (exact) mass is 385 g/mol. The Kier molecular flexibility index (Phi) is 6.11. The smallest absolute Gasteiger partial charge is 0.338 e. The number of hydrogen-bond donors (Lipinski definition) is 2. The normalized spacial score (nSPS) is 17.3. The van der Waals surface area contributed by atoms with Crippen LogP contribution >= 0.6 is 23.2 Å². The van der Waals surface area contributed by atoms with Crippen molar-refractivity contribution < 1.29 is 24.2 Å². The molecule has 0 radical (unpaired) electrons. The summed E-state index contributed by atoms with van der Waals surface area (Å²) < 4.78 is 9.61. The Balaban J connectivity index is 2.74. The minimum absolute atomic E-state index is 0.143. The highest BCUT2D eigenvalue weighted by Gasteiger charge is 2.39. The van der Waals surface area contributed by atoms with Crippen LogP contribution in [0.2, 0.25) is 10.0 Å². The highest BCUT2D eigenvalue weighted by atomic mass is 35.5. The Labute approximate surface area is 155 Å². The number of dihydropyridines is 1. The molecule has 0 aromatic heterocycles. The fraction of sp³-hybridized carbons (Fsp3) is 0.294. The molecule has 2 N–H and O–H groups in total. The number of benzene rings is 1. The SMILES string of the molecule is COC(=O)C1=C(C)NC(C)=C(C(=O)OCO)C1c1cccc(Cl)c1Cl. The minimum atomic E-state index is -0.848. The van der Waals surface area contributed by atoms with Gasteiger partial charge in [0, 0.05) is 11.4 Å². The summed E-state index contributed by atoms with van der Waals surface area (Å²) in [5.41, 5.74) is 1.81. The van der Waals surface area contributed by atoms with Crippen LogP contribution in [0.5, 0.6) is 0 Å². The Bertz CT molecular complexity index is 785. The number of carbonyl (C=O) groups excluding carboxylic acids is 2. The van der Waals surface area contributed by atoms with Crippen molar-refractivity contribution in [1.29, 1.82) is 0 Å². The fourth-order valence-electron chi connectivity index (χ4n) is 2.84. The van der Waals surface area contributed by atoms with Crippen molar-refractivity contribution in [2.24, 2.45) is 0 Å². The zero-order valence-electron chi connectivity index (χ0n) is 13.9. The number of aliphatic hydroxyl groups excluding tert-OH is 1. The molecule has 134 valence electrons. The van der Waals surface area contributed by atoms with Crippen LogP contribution in [-0.2, 0) is 19.1 Å². The average Bonchev–Trinajstić information content (AvgIpc) is 2.56. The van der Waals surface area contributed by atoms with Crippen LogP contribution in [-0.4, -0.2) is 30.9 Å². The lowest BCUT2D eigenvalue weighted by molar-refractivity contribution is -0.147. The first-order valence-electron chi connectivity index (χ1n) is 7.32. The van der Waals surface area contributed by atoms with Gasteiger partial charge in [0.15, 0.2) is 6.79 Å². The number of nitrogens with one attached hydrogen (secondary N) is 1. The second-order valence-electron chi connectivity index (χ2n) is 5.33. The van der Waals surface area contributed by atoms with E-state index in [-0.39, 0.29) is 21.2 Å². The van der Waals surface area contributed by atoms with Crippen molar-refractivity contribution in [2.45, 2.75) is 19.8 Å². The fourth-order valence-corrected chi connectivity index (χ4v) is 3.25. The van der Waals surface area contributed by atoms with Crippen LogP contribution < -0.4 is 5.32 Å². The summed E-state index contributed by atoms with van der Waals surface area (Å²) in [6.07, 6.45) is 0. The third-order valence-corrected chi connectivity index (χ3v) is 4.71. The average molecular weight is 386 g/mol. The third-order valence-electron chi connectivity index (χ3n) is 3.87. The molecule has 1 heterocycles. The highest BCUT2D eigenvalue weighted by Crippen LogP contribution is 2.43. The summed E-state index contributed by atoms with van der Waals surface area (Å²) in [5.74, 6) is -2.24. The van der Waals surface area contributed by atoms with Crippen molar-refractivity contribution in [3.05, 3.63) is 56.3 Å². The lowest BCUT2D eigenvalue weighted by atomic mass is 9.80. The van der Waals surface area contributed by atoms with E-state index in [4.69, 9.17) is 37.8 Å². The number of methoxy groups -OCH3 is 1. The van der Waals surface area contributed by atoms with E-state index < -0.39 is 24.6 Å². The largest absolute Gasteiger partial charge is 0.466 e. The number of aliphatic hydroxyl groups is 1. The van der Waals surface area contributed by atoms with Gasteiger partial charge in [0.1, 0.15) is 0 Å². The molecule has 25 heavy (non-hydrogen) atoms. The first-order valence-corrected chi connectivity index (χ1v) is 8.07. The Hall–Kier alpha value is -2.02. The topological polar surface area (TPSA) is 84.9 Å². The maximum atomic E-state index is 12.4. The third kappa shape index (κ3) is 3.66. The number of esters is 2. The summed E-state index contributed by atoms with van der Waals surface area (Å²) in [6.45, 7) is 2.56. The van der Waals surface area contributed by atoms with Gasteiger partial charge in [0.05, 0.1) is 34.2 Å². The van der Waals surface area contributed by atoms with Gasteiger partial charge in [-0.05, 0) is 25.5 Å². The number of hydrogen-bond acceptors (Lipinski definition) is 6. The molecule has 1 unspecified atom stereocenters. The van der Waals surface area contributed by atoms with Crippen LogP contribution in [0.3, 0.4) is 0 Å². The van der Waals surface area contributed by atoms with Gasteiger partial charge in [0.25, 0.3) is 0 Å². The van der Waals surface area contributed by atoms with Crippen molar-refractivity contribution in [3.8, 4) is 0 Å². The van der Waals surface area contributed by atoms with Gasteiger partial charge in [-0.1, -0.05) is 35.3 Å². The molecule has 1 aliphatic heterocycles. The Morgan fingerprint density at radius 2 is 1.76 bits per heavy atom. The van der Waals surface area contributed by atoms with Crippen LogP contribution in [0.15, 0.2) is 40.7 Å². The van der Waals surface area contributed by atoms with Crippen LogP contribution in [0, 0.1) is 0 Å². The summed E-state index contributed by atoms with van der Waals surface area (Å²) in [6, 6.07) is 4.94. The van der Waals surface area contributed by atoms with Gasteiger partial charge in [0.2, 0.25) is 0 Å². The molecular formula is C17H17Cl2NO5. The van der Waals surface area contributed by atoms with Gasteiger partial charge in [-0.2, -0.15) is 0 Å². The van der Waals surface area contributed by atoms with E-state index in [2.05, 4.69) is 5.32 Å². The zero-order valence-corrected chi connectivity index (χ0v) is 15.4. The zero-order chi connectivity index (χ0) is 18.7. The van der Waals surface area contributed by atoms with Crippen molar-refractivity contribution in [2.75, 3.05) is 13.9 Å². The molecule has 1 aromatic rings. The second kappa shape index (κ2) is 7.91. The molecule has 6 nitrogen and oxygen atoms in total. The first-order chi connectivity index (χ1) is 11.8. The van der Waals surface area contributed by atoms with E-state index in [9.17, 15) is 9.59 Å². The van der Waals surface area contributed by atoms with Gasteiger partial charge < -0.3 is 19.9 Å². The van der Waals surface area contributed by atoms with Crippen molar-refractivity contribution in [3.63, 3.8) is 0 Å². The molecular weight excluding hydrogens is 369 g/mol. The standard InChI is InChI=1S/C17H17Cl2NO5/c1-8-12(16(22)24-3)14(10-5-4-6-11(18)15(10)19)13(9(2)20-8)17(23)25-7-21/h4-6,14,20-21H,7H2,1-3H3. The van der Waals surface area contributed by atoms with E-state index in [1.54, 1.807) is 32.0 Å². The number of carbonyl (C=O) groups is 2. The van der Waals surface area contributed by atoms with Crippen LogP contribution in [0.4, 0.5) is 0 Å². The molecule has 1 aliphatic rings. The predicted octanol–water partition coefficient (Wildman–Crippen LogP) is 2.89. The van der Waals surface area contributed by atoms with Gasteiger partial charge in [-0.25, -0.2) is 9.59 Å². The van der Waals surface area contributed by atoms with E-state index in [0.29, 0.717) is 17.0 Å². The van der Waals surface area contributed by atoms with E-state index >= 15 is 0 Å². The summed E-state index contributed by atoms with van der Waals surface area (Å²) in [7, 11) is 1.25. The highest BCUT2D eigenvalue weighted by molar-refractivity contribution is 6.42. The molecule has 0 amide bonds. The summed E-state index contributed by atoms with van der Waals surface area (Å²) in [5, 5.41) is 12.4. The van der Waals surface area contributed by atoms with Crippen molar-refractivity contribution >= 4 is 35.1 Å². The Morgan fingerprint density at radius 1 is 1.16 bits per heavy atom. The lowest BCUT2D eigenvalue weighted by Crippen LogP contribution is -2.32. The molecule has 0 fully saturated rings. The molecule has 1 atom stereocenters. The van der Waals surface area contributed by atoms with E-state index in [0.717, 1.165) is 0 Å². The minimum Gasteiger partial charge on any atom is -0.466 e. The van der Waals surface area contributed by atoms with E-state index in [1.165, 1.54) is 7.11 Å². The summed E-state index contributed by atoms with van der Waals surface area (Å²) in [4.78, 5) is 24.8. The van der Waals surface area contributed by atoms with Crippen LogP contribution in [0.25, 0.3) is 0 Å². The number of halogens is 2. The molecule has 0 bridgehead atoms. The van der Waals surface area contributed by atoms with Crippen LogP contribution in [0.1, 0.15) is 25.3 Å². The molecule has 2 rings (SSSR count). The maximum Gasteiger partial charge on any atom is 0.338 e. The molecule has 0 saturated carbocycles. The Morgan fingerprint density at radius 3 is 2.32 bits per heavy atom. The quantitative estimate of drug-likeness (QED) is 0.612. The molecule has 0 aliphatic carbocycles. The number of rotatable bonds is 4. The number of allylic oxidation sites excluding steroid dienone is 2. The maximum absolute atomic E-state index is 12.4. The first kappa shape index (κ1) is 19.3. The van der Waals surface area contributed by atoms with Gasteiger partial charge in [-0.3, -0.25) is 0 Å². The lowest BCUT2D eigenvalue weighted by Gasteiger charge is -2.30. The summed E-state index contributed by atoms with van der Waals surface area (Å²) >= 11 is 12.4. The van der Waals surface area contributed by atoms with Gasteiger partial charge >= 0.3 is 11.9 Å². The second-order valence-corrected chi connectivity index (χ2v) is 6.12. The van der Waals surface area contributed by atoms with Gasteiger partial charge in [-0.15, -0.1) is 0 Å². The predicted molar refractivity (Wildman–Crippen MR) is 92.9 cm³/mol. The molecule has 1 aromatic carbocycles. The molecule has 0 spiro atoms. The van der Waals surface area contributed by atoms with E-state index in [1.807, 2.05) is 0 Å². The van der Waals surface area contributed by atoms with Crippen molar-refractivity contribution in [1.82, 2.24) is 5.32 Å².